The maximum absolute atomic E-state index is 4.07. The predicted molar refractivity (Wildman–Crippen MR) is 45.5 cm³/mol. The number of rotatable bonds is 3. The van der Waals surface area contributed by atoms with Gasteiger partial charge in [-0.25, -0.2) is 4.98 Å². The minimum absolute atomic E-state index is 0.494. The van der Waals surface area contributed by atoms with Gasteiger partial charge in [0.1, 0.15) is 12.7 Å². The summed E-state index contributed by atoms with van der Waals surface area (Å²) in [4.78, 5) is 3.90. The summed E-state index contributed by atoms with van der Waals surface area (Å²) in [6.45, 7) is 1.01. The molecule has 1 aliphatic carbocycles. The first kappa shape index (κ1) is 7.28. The standard InChI is InChI=1S/C7H10BrN3/c8-3-7(1-2-7)4-11-6-9-5-10-11/h5-6H,1-4H2. The Morgan fingerprint density at radius 2 is 2.36 bits per heavy atom. The molecule has 1 saturated carbocycles. The molecule has 0 aliphatic heterocycles. The highest BCUT2D eigenvalue weighted by Gasteiger charge is 2.41. The highest BCUT2D eigenvalue weighted by atomic mass is 79.9. The first-order valence-corrected chi connectivity index (χ1v) is 4.85. The molecule has 1 heterocycles. The van der Waals surface area contributed by atoms with Crippen LogP contribution in [0.3, 0.4) is 0 Å². The molecule has 60 valence electrons. The van der Waals surface area contributed by atoms with Gasteiger partial charge in [0.05, 0.1) is 0 Å². The molecule has 3 nitrogen and oxygen atoms in total. The minimum atomic E-state index is 0.494. The van der Waals surface area contributed by atoms with E-state index in [1.165, 1.54) is 12.8 Å². The predicted octanol–water partition coefficient (Wildman–Crippen LogP) is 1.45. The molecular weight excluding hydrogens is 206 g/mol. The molecule has 0 unspecified atom stereocenters. The van der Waals surface area contributed by atoms with Crippen molar-refractivity contribution in [2.24, 2.45) is 5.41 Å². The molecule has 0 aromatic carbocycles. The van der Waals surface area contributed by atoms with Crippen LogP contribution in [-0.4, -0.2) is 20.1 Å². The van der Waals surface area contributed by atoms with Gasteiger partial charge in [0.25, 0.3) is 0 Å². The Bertz CT molecular complexity index is 228. The van der Waals surface area contributed by atoms with Gasteiger partial charge in [0.2, 0.25) is 0 Å². The van der Waals surface area contributed by atoms with Crippen LogP contribution >= 0.6 is 15.9 Å². The zero-order valence-corrected chi connectivity index (χ0v) is 7.79. The second-order valence-electron chi connectivity index (χ2n) is 3.23. The summed E-state index contributed by atoms with van der Waals surface area (Å²) in [6.07, 6.45) is 6.00. The number of alkyl halides is 1. The van der Waals surface area contributed by atoms with Gasteiger partial charge in [-0.3, -0.25) is 4.68 Å². The van der Waals surface area contributed by atoms with Gasteiger partial charge in [-0.1, -0.05) is 15.9 Å². The molecule has 2 rings (SSSR count). The maximum Gasteiger partial charge on any atom is 0.137 e. The molecule has 1 aliphatic rings. The smallest absolute Gasteiger partial charge is 0.137 e. The summed E-state index contributed by atoms with van der Waals surface area (Å²) < 4.78 is 1.91. The Hall–Kier alpha value is -0.380. The number of hydrogen-bond donors (Lipinski definition) is 0. The zero-order chi connectivity index (χ0) is 7.73. The summed E-state index contributed by atoms with van der Waals surface area (Å²) in [7, 11) is 0. The fourth-order valence-corrected chi connectivity index (χ4v) is 1.91. The van der Waals surface area contributed by atoms with Gasteiger partial charge in [-0.15, -0.1) is 0 Å². The van der Waals surface area contributed by atoms with E-state index in [1.54, 1.807) is 12.7 Å². The van der Waals surface area contributed by atoms with E-state index in [9.17, 15) is 0 Å². The quantitative estimate of drug-likeness (QED) is 0.716. The lowest BCUT2D eigenvalue weighted by atomic mass is 10.1. The SMILES string of the molecule is BrCC1(Cn2cncn2)CC1. The van der Waals surface area contributed by atoms with Crippen LogP contribution in [0.15, 0.2) is 12.7 Å². The third kappa shape index (κ3) is 1.45. The number of hydrogen-bond acceptors (Lipinski definition) is 2. The van der Waals surface area contributed by atoms with Crippen molar-refractivity contribution in [3.63, 3.8) is 0 Å². The van der Waals surface area contributed by atoms with Crippen molar-refractivity contribution in [2.75, 3.05) is 5.33 Å². The van der Waals surface area contributed by atoms with Crippen molar-refractivity contribution in [2.45, 2.75) is 19.4 Å². The van der Waals surface area contributed by atoms with Crippen molar-refractivity contribution in [3.8, 4) is 0 Å². The van der Waals surface area contributed by atoms with Crippen LogP contribution in [0, 0.1) is 5.41 Å². The van der Waals surface area contributed by atoms with Crippen LogP contribution < -0.4 is 0 Å². The number of nitrogens with zero attached hydrogens (tertiary/aromatic N) is 3. The van der Waals surface area contributed by atoms with E-state index in [4.69, 9.17) is 0 Å². The largest absolute Gasteiger partial charge is 0.252 e. The first-order valence-electron chi connectivity index (χ1n) is 3.73. The lowest BCUT2D eigenvalue weighted by Gasteiger charge is -2.09. The summed E-state index contributed by atoms with van der Waals surface area (Å²) >= 11 is 3.52. The van der Waals surface area contributed by atoms with Crippen LogP contribution in [0.5, 0.6) is 0 Å². The summed E-state index contributed by atoms with van der Waals surface area (Å²) in [5.74, 6) is 0. The van der Waals surface area contributed by atoms with E-state index in [-0.39, 0.29) is 0 Å². The Kier molecular flexibility index (Phi) is 1.71. The molecule has 0 N–H and O–H groups in total. The third-order valence-electron chi connectivity index (χ3n) is 2.20. The second kappa shape index (κ2) is 2.59. The normalized spacial score (nSPS) is 20.1. The Balaban J connectivity index is 2.01. The second-order valence-corrected chi connectivity index (χ2v) is 3.79. The highest BCUT2D eigenvalue weighted by Crippen LogP contribution is 2.48. The van der Waals surface area contributed by atoms with E-state index in [1.807, 2.05) is 4.68 Å². The van der Waals surface area contributed by atoms with E-state index >= 15 is 0 Å². The van der Waals surface area contributed by atoms with Gasteiger partial charge < -0.3 is 0 Å². The average Bonchev–Trinajstić information content (AvgIpc) is 2.59. The fourth-order valence-electron chi connectivity index (χ4n) is 1.17. The first-order chi connectivity index (χ1) is 5.35. The van der Waals surface area contributed by atoms with Gasteiger partial charge in [-0.05, 0) is 18.3 Å². The van der Waals surface area contributed by atoms with Crippen LogP contribution in [0.4, 0.5) is 0 Å². The number of aromatic nitrogens is 3. The van der Waals surface area contributed by atoms with Crippen molar-refractivity contribution < 1.29 is 0 Å². The molecule has 1 aromatic heterocycles. The van der Waals surface area contributed by atoms with Crippen LogP contribution in [-0.2, 0) is 6.54 Å². The average molecular weight is 216 g/mol. The molecule has 0 radical (unpaired) electrons. The fraction of sp³-hybridized carbons (Fsp3) is 0.714. The molecule has 0 saturated heterocycles. The molecule has 11 heavy (non-hydrogen) atoms. The van der Waals surface area contributed by atoms with Crippen LogP contribution in [0.1, 0.15) is 12.8 Å². The molecule has 0 atom stereocenters. The summed E-state index contributed by atoms with van der Waals surface area (Å²) in [6, 6.07) is 0. The molecule has 0 spiro atoms. The van der Waals surface area contributed by atoms with Gasteiger partial charge in [-0.2, -0.15) is 5.10 Å². The zero-order valence-electron chi connectivity index (χ0n) is 6.20. The Labute approximate surface area is 73.9 Å². The Morgan fingerprint density at radius 3 is 2.82 bits per heavy atom. The summed E-state index contributed by atoms with van der Waals surface area (Å²) in [5, 5.41) is 5.16. The van der Waals surface area contributed by atoms with E-state index in [0.717, 1.165) is 11.9 Å². The van der Waals surface area contributed by atoms with E-state index < -0.39 is 0 Å². The highest BCUT2D eigenvalue weighted by molar-refractivity contribution is 9.09. The van der Waals surface area contributed by atoms with E-state index in [2.05, 4.69) is 26.0 Å². The Morgan fingerprint density at radius 1 is 1.55 bits per heavy atom. The van der Waals surface area contributed by atoms with Crippen molar-refractivity contribution in [1.82, 2.24) is 14.8 Å². The monoisotopic (exact) mass is 215 g/mol. The number of halogens is 1. The maximum atomic E-state index is 4.07. The van der Waals surface area contributed by atoms with Gasteiger partial charge in [0.15, 0.2) is 0 Å². The molecule has 1 aromatic rings. The third-order valence-corrected chi connectivity index (χ3v) is 3.39. The van der Waals surface area contributed by atoms with Crippen molar-refractivity contribution in [1.29, 1.82) is 0 Å². The summed E-state index contributed by atoms with van der Waals surface area (Å²) in [5.41, 5.74) is 0.494. The molecule has 0 bridgehead atoms. The molecule has 1 fully saturated rings. The lowest BCUT2D eigenvalue weighted by molar-refractivity contribution is 0.441. The minimum Gasteiger partial charge on any atom is -0.252 e. The van der Waals surface area contributed by atoms with Crippen LogP contribution in [0.25, 0.3) is 0 Å². The molecule has 0 amide bonds. The van der Waals surface area contributed by atoms with Gasteiger partial charge >= 0.3 is 0 Å². The molecular formula is C7H10BrN3. The lowest BCUT2D eigenvalue weighted by Crippen LogP contribution is -2.13. The van der Waals surface area contributed by atoms with E-state index in [0.29, 0.717) is 5.41 Å². The van der Waals surface area contributed by atoms with Crippen molar-refractivity contribution in [3.05, 3.63) is 12.7 Å². The van der Waals surface area contributed by atoms with Crippen LogP contribution in [0.2, 0.25) is 0 Å². The van der Waals surface area contributed by atoms with Gasteiger partial charge in [0, 0.05) is 11.9 Å². The topological polar surface area (TPSA) is 30.7 Å². The van der Waals surface area contributed by atoms with Crippen molar-refractivity contribution >= 4 is 15.9 Å². The molecule has 4 heteroatoms.